The normalized spacial score (nSPS) is 12.2. The van der Waals surface area contributed by atoms with Crippen molar-refractivity contribution in [3.8, 4) is 11.5 Å². The van der Waals surface area contributed by atoms with E-state index in [1.807, 2.05) is 31.2 Å². The molecule has 0 aromatic heterocycles. The lowest BCUT2D eigenvalue weighted by atomic mass is 10.1. The van der Waals surface area contributed by atoms with Crippen molar-refractivity contribution in [2.75, 3.05) is 7.11 Å². The van der Waals surface area contributed by atoms with Gasteiger partial charge in [-0.25, -0.2) is 4.39 Å². The molecular formula is C16H18FNO2. The number of rotatable bonds is 5. The van der Waals surface area contributed by atoms with Gasteiger partial charge in [-0.05, 0) is 42.8 Å². The van der Waals surface area contributed by atoms with Gasteiger partial charge in [-0.2, -0.15) is 0 Å². The average Bonchev–Trinajstić information content (AvgIpc) is 2.47. The number of hydrogen-bond donors (Lipinski definition) is 2. The summed E-state index contributed by atoms with van der Waals surface area (Å²) in [5.74, 6) is 0.537. The van der Waals surface area contributed by atoms with Crippen LogP contribution in [-0.4, -0.2) is 12.2 Å². The van der Waals surface area contributed by atoms with Gasteiger partial charge in [-0.15, -0.1) is 0 Å². The summed E-state index contributed by atoms with van der Waals surface area (Å²) >= 11 is 0. The molecule has 0 spiro atoms. The Bertz CT molecular complexity index is 586. The van der Waals surface area contributed by atoms with Crippen LogP contribution in [0.2, 0.25) is 0 Å². The lowest BCUT2D eigenvalue weighted by molar-refractivity contribution is 0.413. The maximum atomic E-state index is 13.2. The summed E-state index contributed by atoms with van der Waals surface area (Å²) in [6.07, 6.45) is 0. The van der Waals surface area contributed by atoms with Crippen LogP contribution in [0, 0.1) is 5.82 Å². The summed E-state index contributed by atoms with van der Waals surface area (Å²) < 4.78 is 18.4. The van der Waals surface area contributed by atoms with Crippen LogP contribution < -0.4 is 10.1 Å². The summed E-state index contributed by atoms with van der Waals surface area (Å²) in [6, 6.07) is 11.5. The quantitative estimate of drug-likeness (QED) is 0.879. The molecule has 0 saturated carbocycles. The van der Waals surface area contributed by atoms with Gasteiger partial charge < -0.3 is 15.2 Å². The predicted octanol–water partition coefficient (Wildman–Crippen LogP) is 3.39. The zero-order valence-electron chi connectivity index (χ0n) is 11.6. The highest BCUT2D eigenvalue weighted by Crippen LogP contribution is 2.25. The SMILES string of the molecule is COc1cccc(CNC(C)c2cc(F)ccc2O)c1. The molecule has 0 radical (unpaired) electrons. The molecular weight excluding hydrogens is 257 g/mol. The summed E-state index contributed by atoms with van der Waals surface area (Å²) in [5, 5.41) is 13.0. The van der Waals surface area contributed by atoms with Crippen molar-refractivity contribution < 1.29 is 14.2 Å². The molecule has 1 unspecified atom stereocenters. The van der Waals surface area contributed by atoms with Crippen molar-refractivity contribution in [2.45, 2.75) is 19.5 Å². The Morgan fingerprint density at radius 1 is 1.25 bits per heavy atom. The minimum absolute atomic E-state index is 0.0945. The van der Waals surface area contributed by atoms with Crippen LogP contribution in [0.1, 0.15) is 24.1 Å². The largest absolute Gasteiger partial charge is 0.508 e. The summed E-state index contributed by atoms with van der Waals surface area (Å²) in [6.45, 7) is 2.49. The first-order chi connectivity index (χ1) is 9.60. The van der Waals surface area contributed by atoms with Crippen molar-refractivity contribution in [1.29, 1.82) is 0 Å². The van der Waals surface area contributed by atoms with Crippen LogP contribution in [0.15, 0.2) is 42.5 Å². The third-order valence-corrected chi connectivity index (χ3v) is 3.20. The Morgan fingerprint density at radius 3 is 2.80 bits per heavy atom. The van der Waals surface area contributed by atoms with Gasteiger partial charge in [0.15, 0.2) is 0 Å². The molecule has 2 N–H and O–H groups in total. The molecule has 4 heteroatoms. The molecule has 0 bridgehead atoms. The number of hydrogen-bond acceptors (Lipinski definition) is 3. The predicted molar refractivity (Wildman–Crippen MR) is 76.3 cm³/mol. The fraction of sp³-hybridized carbons (Fsp3) is 0.250. The van der Waals surface area contributed by atoms with Crippen molar-refractivity contribution >= 4 is 0 Å². The van der Waals surface area contributed by atoms with Gasteiger partial charge in [0.2, 0.25) is 0 Å². The first-order valence-corrected chi connectivity index (χ1v) is 6.45. The highest BCUT2D eigenvalue weighted by Gasteiger charge is 2.11. The van der Waals surface area contributed by atoms with Gasteiger partial charge in [-0.1, -0.05) is 12.1 Å². The molecule has 0 aliphatic rings. The van der Waals surface area contributed by atoms with E-state index in [1.165, 1.54) is 18.2 Å². The summed E-state index contributed by atoms with van der Waals surface area (Å²) in [5.41, 5.74) is 1.61. The fourth-order valence-electron chi connectivity index (χ4n) is 2.04. The molecule has 20 heavy (non-hydrogen) atoms. The van der Waals surface area contributed by atoms with E-state index >= 15 is 0 Å². The van der Waals surface area contributed by atoms with E-state index < -0.39 is 0 Å². The second-order valence-electron chi connectivity index (χ2n) is 4.66. The first-order valence-electron chi connectivity index (χ1n) is 6.45. The van der Waals surface area contributed by atoms with Crippen LogP contribution in [0.25, 0.3) is 0 Å². The number of phenols is 1. The van der Waals surface area contributed by atoms with Crippen LogP contribution in [0.4, 0.5) is 4.39 Å². The second-order valence-corrected chi connectivity index (χ2v) is 4.66. The highest BCUT2D eigenvalue weighted by molar-refractivity contribution is 5.35. The zero-order chi connectivity index (χ0) is 14.5. The Balaban J connectivity index is 2.04. The van der Waals surface area contributed by atoms with E-state index in [2.05, 4.69) is 5.32 Å². The zero-order valence-corrected chi connectivity index (χ0v) is 11.6. The van der Waals surface area contributed by atoms with Crippen LogP contribution in [0.3, 0.4) is 0 Å². The third kappa shape index (κ3) is 3.48. The van der Waals surface area contributed by atoms with E-state index in [9.17, 15) is 9.50 Å². The Labute approximate surface area is 118 Å². The topological polar surface area (TPSA) is 41.5 Å². The molecule has 0 saturated heterocycles. The van der Waals surface area contributed by atoms with E-state index in [0.717, 1.165) is 11.3 Å². The fourth-order valence-corrected chi connectivity index (χ4v) is 2.04. The van der Waals surface area contributed by atoms with Crippen LogP contribution in [-0.2, 0) is 6.54 Å². The molecule has 0 aliphatic heterocycles. The number of halogens is 1. The van der Waals surface area contributed by atoms with Gasteiger partial charge in [-0.3, -0.25) is 0 Å². The van der Waals surface area contributed by atoms with Crippen LogP contribution in [0.5, 0.6) is 11.5 Å². The van der Waals surface area contributed by atoms with Gasteiger partial charge in [0, 0.05) is 18.2 Å². The number of methoxy groups -OCH3 is 1. The molecule has 2 aromatic rings. The van der Waals surface area contributed by atoms with Gasteiger partial charge >= 0.3 is 0 Å². The highest BCUT2D eigenvalue weighted by atomic mass is 19.1. The smallest absolute Gasteiger partial charge is 0.123 e. The molecule has 2 rings (SSSR count). The Morgan fingerprint density at radius 2 is 2.05 bits per heavy atom. The molecule has 0 aliphatic carbocycles. The number of aromatic hydroxyl groups is 1. The maximum Gasteiger partial charge on any atom is 0.123 e. The molecule has 0 heterocycles. The van der Waals surface area contributed by atoms with Gasteiger partial charge in [0.25, 0.3) is 0 Å². The van der Waals surface area contributed by atoms with E-state index in [0.29, 0.717) is 12.1 Å². The van der Waals surface area contributed by atoms with Gasteiger partial charge in [0.05, 0.1) is 7.11 Å². The standard InChI is InChI=1S/C16H18FNO2/c1-11(15-9-13(17)6-7-16(15)19)18-10-12-4-3-5-14(8-12)20-2/h3-9,11,18-19H,10H2,1-2H3. The van der Waals surface area contributed by atoms with Crippen molar-refractivity contribution in [3.05, 3.63) is 59.4 Å². The minimum Gasteiger partial charge on any atom is -0.508 e. The Hall–Kier alpha value is -2.07. The first kappa shape index (κ1) is 14.3. The average molecular weight is 275 g/mol. The molecule has 3 nitrogen and oxygen atoms in total. The summed E-state index contributed by atoms with van der Waals surface area (Å²) in [7, 11) is 1.62. The molecule has 0 fully saturated rings. The number of nitrogens with one attached hydrogen (secondary N) is 1. The van der Waals surface area contributed by atoms with E-state index in [1.54, 1.807) is 7.11 Å². The lowest BCUT2D eigenvalue weighted by Gasteiger charge is -2.16. The lowest BCUT2D eigenvalue weighted by Crippen LogP contribution is -2.18. The van der Waals surface area contributed by atoms with Crippen molar-refractivity contribution in [1.82, 2.24) is 5.32 Å². The molecule has 0 amide bonds. The van der Waals surface area contributed by atoms with E-state index in [-0.39, 0.29) is 17.6 Å². The van der Waals surface area contributed by atoms with Gasteiger partial charge in [0.1, 0.15) is 17.3 Å². The second kappa shape index (κ2) is 6.39. The number of ether oxygens (including phenoxy) is 1. The van der Waals surface area contributed by atoms with E-state index in [4.69, 9.17) is 4.74 Å². The van der Waals surface area contributed by atoms with Crippen LogP contribution >= 0.6 is 0 Å². The molecule has 2 aromatic carbocycles. The molecule has 1 atom stereocenters. The minimum atomic E-state index is -0.354. The number of benzene rings is 2. The third-order valence-electron chi connectivity index (χ3n) is 3.20. The van der Waals surface area contributed by atoms with Crippen molar-refractivity contribution in [2.24, 2.45) is 0 Å². The van der Waals surface area contributed by atoms with Crippen molar-refractivity contribution in [3.63, 3.8) is 0 Å². The molecule has 106 valence electrons. The maximum absolute atomic E-state index is 13.2. The monoisotopic (exact) mass is 275 g/mol. The Kier molecular flexibility index (Phi) is 4.58. The number of phenolic OH excluding ortho intramolecular Hbond substituents is 1. The summed E-state index contributed by atoms with van der Waals surface area (Å²) in [4.78, 5) is 0.